The van der Waals surface area contributed by atoms with E-state index in [-0.39, 0.29) is 5.69 Å². The molecule has 1 aromatic heterocycles. The highest BCUT2D eigenvalue weighted by Gasteiger charge is 2.35. The van der Waals surface area contributed by atoms with Crippen LogP contribution >= 0.6 is 0 Å². The Kier molecular flexibility index (Phi) is 2.99. The summed E-state index contributed by atoms with van der Waals surface area (Å²) in [5, 5.41) is 3.32. The maximum absolute atomic E-state index is 12.2. The van der Waals surface area contributed by atoms with Crippen LogP contribution in [0.15, 0.2) is 40.9 Å². The van der Waals surface area contributed by atoms with E-state index in [1.807, 2.05) is 30.3 Å². The summed E-state index contributed by atoms with van der Waals surface area (Å²) in [6, 6.07) is 10.1. The second-order valence-electron chi connectivity index (χ2n) is 3.36. The van der Waals surface area contributed by atoms with Gasteiger partial charge in [-0.1, -0.05) is 41.6 Å². The van der Waals surface area contributed by atoms with Gasteiger partial charge in [-0.3, -0.25) is 0 Å². The molecule has 0 aliphatic rings. The fourth-order valence-corrected chi connectivity index (χ4v) is 1.25. The van der Waals surface area contributed by atoms with Crippen LogP contribution in [-0.4, -0.2) is 5.16 Å². The standard InChI is InChI=1S/C12H8F3NO/c13-12(14,15)11-8-10(16-17-11)7-6-9-4-2-1-3-5-9/h1-8H. The van der Waals surface area contributed by atoms with Crippen molar-refractivity contribution in [3.8, 4) is 0 Å². The maximum atomic E-state index is 12.2. The number of hydrogen-bond donors (Lipinski definition) is 0. The van der Waals surface area contributed by atoms with Crippen LogP contribution in [0.5, 0.6) is 0 Å². The predicted octanol–water partition coefficient (Wildman–Crippen LogP) is 3.86. The fraction of sp³-hybridized carbons (Fsp3) is 0.0833. The first kappa shape index (κ1) is 11.4. The van der Waals surface area contributed by atoms with Crippen molar-refractivity contribution >= 4 is 12.2 Å². The molecule has 0 bridgehead atoms. The monoisotopic (exact) mass is 239 g/mol. The number of aromatic nitrogens is 1. The summed E-state index contributed by atoms with van der Waals surface area (Å²) in [6.45, 7) is 0. The molecule has 2 rings (SSSR count). The first-order chi connectivity index (χ1) is 8.05. The molecule has 1 heterocycles. The molecule has 0 spiro atoms. The van der Waals surface area contributed by atoms with Gasteiger partial charge in [0.15, 0.2) is 0 Å². The van der Waals surface area contributed by atoms with E-state index < -0.39 is 11.9 Å². The average molecular weight is 239 g/mol. The Hall–Kier alpha value is -2.04. The van der Waals surface area contributed by atoms with E-state index in [4.69, 9.17) is 0 Å². The second-order valence-corrected chi connectivity index (χ2v) is 3.36. The zero-order chi connectivity index (χ0) is 12.3. The molecule has 0 unspecified atom stereocenters. The molecular formula is C12H8F3NO. The van der Waals surface area contributed by atoms with E-state index in [2.05, 4.69) is 9.68 Å². The number of alkyl halides is 3. The Morgan fingerprint density at radius 2 is 1.76 bits per heavy atom. The van der Waals surface area contributed by atoms with Gasteiger partial charge in [-0.15, -0.1) is 0 Å². The lowest BCUT2D eigenvalue weighted by Gasteiger charge is -1.97. The Morgan fingerprint density at radius 3 is 2.35 bits per heavy atom. The number of halogens is 3. The van der Waals surface area contributed by atoms with Gasteiger partial charge in [-0.05, 0) is 11.6 Å². The fourth-order valence-electron chi connectivity index (χ4n) is 1.25. The lowest BCUT2D eigenvalue weighted by atomic mass is 10.2. The zero-order valence-electron chi connectivity index (χ0n) is 8.61. The molecule has 0 fully saturated rings. The normalized spacial score (nSPS) is 12.2. The highest BCUT2D eigenvalue weighted by molar-refractivity contribution is 5.67. The van der Waals surface area contributed by atoms with Crippen molar-refractivity contribution in [2.24, 2.45) is 0 Å². The predicted molar refractivity (Wildman–Crippen MR) is 56.9 cm³/mol. The first-order valence-electron chi connectivity index (χ1n) is 4.83. The molecule has 0 saturated carbocycles. The Labute approximate surface area is 95.4 Å². The molecular weight excluding hydrogens is 231 g/mol. The van der Waals surface area contributed by atoms with Crippen LogP contribution in [-0.2, 0) is 6.18 Å². The van der Waals surface area contributed by atoms with Crippen molar-refractivity contribution in [3.05, 3.63) is 53.4 Å². The third-order valence-electron chi connectivity index (χ3n) is 2.05. The van der Waals surface area contributed by atoms with Gasteiger partial charge in [0.05, 0.1) is 0 Å². The molecule has 1 aromatic carbocycles. The van der Waals surface area contributed by atoms with Gasteiger partial charge >= 0.3 is 6.18 Å². The van der Waals surface area contributed by atoms with Crippen molar-refractivity contribution in [2.75, 3.05) is 0 Å². The summed E-state index contributed by atoms with van der Waals surface area (Å²) in [6.07, 6.45) is -1.36. The zero-order valence-corrected chi connectivity index (χ0v) is 8.61. The third kappa shape index (κ3) is 2.96. The maximum Gasteiger partial charge on any atom is 0.452 e. The molecule has 0 aliphatic heterocycles. The van der Waals surface area contributed by atoms with E-state index in [1.54, 1.807) is 6.08 Å². The molecule has 0 atom stereocenters. The molecule has 0 radical (unpaired) electrons. The summed E-state index contributed by atoms with van der Waals surface area (Å²) in [7, 11) is 0. The summed E-state index contributed by atoms with van der Waals surface area (Å²) in [5.74, 6) is -1.09. The van der Waals surface area contributed by atoms with E-state index in [0.29, 0.717) is 0 Å². The summed E-state index contributed by atoms with van der Waals surface area (Å²) >= 11 is 0. The van der Waals surface area contributed by atoms with Gasteiger partial charge in [-0.25, -0.2) is 0 Å². The number of rotatable bonds is 2. The minimum Gasteiger partial charge on any atom is -0.351 e. The second kappa shape index (κ2) is 4.45. The highest BCUT2D eigenvalue weighted by atomic mass is 19.4. The molecule has 88 valence electrons. The van der Waals surface area contributed by atoms with Crippen molar-refractivity contribution < 1.29 is 17.7 Å². The Morgan fingerprint density at radius 1 is 1.06 bits per heavy atom. The SMILES string of the molecule is FC(F)(F)c1cc(C=Cc2ccccc2)no1. The molecule has 0 aliphatic carbocycles. The molecule has 0 saturated heterocycles. The summed E-state index contributed by atoms with van der Waals surface area (Å²) in [4.78, 5) is 0. The van der Waals surface area contributed by atoms with Crippen molar-refractivity contribution in [2.45, 2.75) is 6.18 Å². The highest BCUT2D eigenvalue weighted by Crippen LogP contribution is 2.29. The van der Waals surface area contributed by atoms with Crippen molar-refractivity contribution in [1.29, 1.82) is 0 Å². The topological polar surface area (TPSA) is 26.0 Å². The van der Waals surface area contributed by atoms with E-state index in [0.717, 1.165) is 11.6 Å². The van der Waals surface area contributed by atoms with Crippen LogP contribution < -0.4 is 0 Å². The summed E-state index contributed by atoms with van der Waals surface area (Å²) < 4.78 is 40.8. The van der Waals surface area contributed by atoms with Crippen LogP contribution in [0.25, 0.3) is 12.2 Å². The lowest BCUT2D eigenvalue weighted by Crippen LogP contribution is -2.02. The molecule has 0 amide bonds. The summed E-state index contributed by atoms with van der Waals surface area (Å²) in [5.41, 5.74) is 1.02. The minimum atomic E-state index is -4.49. The smallest absolute Gasteiger partial charge is 0.351 e. The molecule has 2 aromatic rings. The number of nitrogens with zero attached hydrogens (tertiary/aromatic N) is 1. The minimum absolute atomic E-state index is 0.140. The average Bonchev–Trinajstić information content (AvgIpc) is 2.76. The third-order valence-corrected chi connectivity index (χ3v) is 2.05. The quantitative estimate of drug-likeness (QED) is 0.795. The Bertz CT molecular complexity index is 514. The van der Waals surface area contributed by atoms with Crippen molar-refractivity contribution in [3.63, 3.8) is 0 Å². The largest absolute Gasteiger partial charge is 0.452 e. The van der Waals surface area contributed by atoms with Gasteiger partial charge in [0.1, 0.15) is 5.69 Å². The molecule has 17 heavy (non-hydrogen) atoms. The van der Waals surface area contributed by atoms with Gasteiger partial charge in [0, 0.05) is 6.07 Å². The van der Waals surface area contributed by atoms with E-state index in [9.17, 15) is 13.2 Å². The van der Waals surface area contributed by atoms with Gasteiger partial charge < -0.3 is 4.52 Å². The van der Waals surface area contributed by atoms with E-state index in [1.165, 1.54) is 6.08 Å². The van der Waals surface area contributed by atoms with Crippen molar-refractivity contribution in [1.82, 2.24) is 5.16 Å². The van der Waals surface area contributed by atoms with Crippen LogP contribution in [0, 0.1) is 0 Å². The lowest BCUT2D eigenvalue weighted by molar-refractivity contribution is -0.155. The van der Waals surface area contributed by atoms with Gasteiger partial charge in [0.2, 0.25) is 5.76 Å². The van der Waals surface area contributed by atoms with Crippen LogP contribution in [0.3, 0.4) is 0 Å². The van der Waals surface area contributed by atoms with Crippen LogP contribution in [0.4, 0.5) is 13.2 Å². The van der Waals surface area contributed by atoms with Gasteiger partial charge in [0.25, 0.3) is 0 Å². The molecule has 0 N–H and O–H groups in total. The van der Waals surface area contributed by atoms with Gasteiger partial charge in [-0.2, -0.15) is 13.2 Å². The van der Waals surface area contributed by atoms with Crippen LogP contribution in [0.2, 0.25) is 0 Å². The number of benzene rings is 1. The first-order valence-corrected chi connectivity index (χ1v) is 4.83. The van der Waals surface area contributed by atoms with Crippen LogP contribution in [0.1, 0.15) is 17.0 Å². The van der Waals surface area contributed by atoms with E-state index >= 15 is 0 Å². The molecule has 5 heteroatoms. The molecule has 2 nitrogen and oxygen atoms in total. The Balaban J connectivity index is 2.15. The number of hydrogen-bond acceptors (Lipinski definition) is 2.